The molecule has 3 aromatic rings. The molecule has 2 aliphatic heterocycles. The number of halogens is 1. The molecule has 204 valence electrons. The summed E-state index contributed by atoms with van der Waals surface area (Å²) in [6, 6.07) is 20.6. The summed E-state index contributed by atoms with van der Waals surface area (Å²) >= 11 is 0. The number of aryl methyl sites for hydroxylation is 2. The molecule has 1 amide bonds. The third-order valence-corrected chi connectivity index (χ3v) is 8.03. The number of carbonyl (C=O) groups is 1. The molecule has 40 heavy (non-hydrogen) atoms. The van der Waals surface area contributed by atoms with Crippen LogP contribution in [0.2, 0.25) is 0 Å². The first-order valence-corrected chi connectivity index (χ1v) is 13.7. The van der Waals surface area contributed by atoms with Gasteiger partial charge >= 0.3 is 0 Å². The average molecular weight is 537 g/mol. The van der Waals surface area contributed by atoms with Crippen molar-refractivity contribution >= 4 is 17.3 Å². The van der Waals surface area contributed by atoms with Gasteiger partial charge in [0, 0.05) is 64.5 Å². The molecule has 0 saturated carbocycles. The van der Waals surface area contributed by atoms with Crippen molar-refractivity contribution in [2.75, 3.05) is 62.2 Å². The molecular formula is C32H33FN6O. The first kappa shape index (κ1) is 27.2. The number of benzene rings is 3. The van der Waals surface area contributed by atoms with Crippen LogP contribution in [0.25, 0.3) is 0 Å². The Labute approximate surface area is 235 Å². The number of anilines is 2. The number of hydrogen-bond acceptors (Lipinski definition) is 6. The predicted octanol–water partition coefficient (Wildman–Crippen LogP) is 4.47. The Bertz CT molecular complexity index is 1490. The topological polar surface area (TPSA) is 77.6 Å². The monoisotopic (exact) mass is 536 g/mol. The van der Waals surface area contributed by atoms with Crippen molar-refractivity contribution in [2.24, 2.45) is 0 Å². The summed E-state index contributed by atoms with van der Waals surface area (Å²) in [7, 11) is 0. The third kappa shape index (κ3) is 5.64. The van der Waals surface area contributed by atoms with Crippen molar-refractivity contribution in [3.63, 3.8) is 0 Å². The highest BCUT2D eigenvalue weighted by atomic mass is 19.1. The molecule has 0 bridgehead atoms. The van der Waals surface area contributed by atoms with Crippen molar-refractivity contribution < 1.29 is 9.18 Å². The molecule has 0 radical (unpaired) electrons. The van der Waals surface area contributed by atoms with Crippen molar-refractivity contribution in [3.8, 4) is 12.1 Å². The maximum atomic E-state index is 13.6. The zero-order valence-corrected chi connectivity index (χ0v) is 23.0. The second-order valence-electron chi connectivity index (χ2n) is 10.5. The Hall–Kier alpha value is -4.40. The first-order chi connectivity index (χ1) is 19.4. The molecule has 3 aromatic carbocycles. The minimum absolute atomic E-state index is 0.0240. The van der Waals surface area contributed by atoms with Gasteiger partial charge in [0.15, 0.2) is 0 Å². The van der Waals surface area contributed by atoms with Gasteiger partial charge in [-0.25, -0.2) is 4.39 Å². The van der Waals surface area contributed by atoms with E-state index in [1.165, 1.54) is 17.7 Å². The third-order valence-electron chi connectivity index (χ3n) is 8.03. The molecule has 2 saturated heterocycles. The second-order valence-corrected chi connectivity index (χ2v) is 10.5. The van der Waals surface area contributed by atoms with Gasteiger partial charge in [0.2, 0.25) is 0 Å². The molecule has 0 aromatic heterocycles. The van der Waals surface area contributed by atoms with Gasteiger partial charge in [0.1, 0.15) is 18.0 Å². The van der Waals surface area contributed by atoms with E-state index in [0.717, 1.165) is 55.1 Å². The Morgan fingerprint density at radius 1 is 0.775 bits per heavy atom. The minimum Gasteiger partial charge on any atom is -0.368 e. The molecule has 0 unspecified atom stereocenters. The van der Waals surface area contributed by atoms with Crippen LogP contribution in [0.4, 0.5) is 15.8 Å². The van der Waals surface area contributed by atoms with Crippen LogP contribution in [0.1, 0.15) is 38.2 Å². The summed E-state index contributed by atoms with van der Waals surface area (Å²) in [6.45, 7) is 10.6. The number of amides is 1. The SMILES string of the molecule is Cc1cc(C)c(C(=O)N2CCN(c3ccc(F)cc3C#N)CC2)cc1CN1CCN(c2ccccc2C#N)CC1. The van der Waals surface area contributed by atoms with Crippen LogP contribution in [0.3, 0.4) is 0 Å². The highest BCUT2D eigenvalue weighted by molar-refractivity contribution is 5.96. The van der Waals surface area contributed by atoms with Gasteiger partial charge < -0.3 is 14.7 Å². The largest absolute Gasteiger partial charge is 0.368 e. The number of para-hydroxylation sites is 1. The lowest BCUT2D eigenvalue weighted by Crippen LogP contribution is -2.49. The van der Waals surface area contributed by atoms with E-state index in [2.05, 4.69) is 41.0 Å². The van der Waals surface area contributed by atoms with Crippen molar-refractivity contribution in [1.82, 2.24) is 9.80 Å². The van der Waals surface area contributed by atoms with Gasteiger partial charge in [0.05, 0.1) is 22.5 Å². The fraction of sp³-hybridized carbons (Fsp3) is 0.344. The lowest BCUT2D eigenvalue weighted by Gasteiger charge is -2.37. The van der Waals surface area contributed by atoms with E-state index >= 15 is 0 Å². The molecule has 2 heterocycles. The summed E-state index contributed by atoms with van der Waals surface area (Å²) in [6.07, 6.45) is 0. The van der Waals surface area contributed by atoms with E-state index in [4.69, 9.17) is 0 Å². The summed E-state index contributed by atoms with van der Waals surface area (Å²) in [4.78, 5) is 22.2. The van der Waals surface area contributed by atoms with Crippen LogP contribution in [-0.4, -0.2) is 68.1 Å². The van der Waals surface area contributed by atoms with E-state index in [0.29, 0.717) is 43.0 Å². The van der Waals surface area contributed by atoms with Crippen LogP contribution >= 0.6 is 0 Å². The first-order valence-electron chi connectivity index (χ1n) is 13.7. The second kappa shape index (κ2) is 11.8. The van der Waals surface area contributed by atoms with Crippen molar-refractivity contribution in [1.29, 1.82) is 10.5 Å². The van der Waals surface area contributed by atoms with Crippen LogP contribution in [-0.2, 0) is 6.54 Å². The quantitative estimate of drug-likeness (QED) is 0.479. The summed E-state index contributed by atoms with van der Waals surface area (Å²) in [5.41, 5.74) is 6.76. The highest BCUT2D eigenvalue weighted by Gasteiger charge is 2.26. The summed E-state index contributed by atoms with van der Waals surface area (Å²) < 4.78 is 13.6. The number of nitriles is 2. The van der Waals surface area contributed by atoms with Crippen LogP contribution in [0.15, 0.2) is 54.6 Å². The van der Waals surface area contributed by atoms with E-state index in [-0.39, 0.29) is 5.91 Å². The molecule has 0 spiro atoms. The zero-order valence-electron chi connectivity index (χ0n) is 23.0. The van der Waals surface area contributed by atoms with Gasteiger partial charge in [0.25, 0.3) is 5.91 Å². The molecule has 0 atom stereocenters. The molecular weight excluding hydrogens is 503 g/mol. The van der Waals surface area contributed by atoms with Gasteiger partial charge in [-0.2, -0.15) is 10.5 Å². The Balaban J connectivity index is 1.23. The molecule has 5 rings (SSSR count). The molecule has 0 N–H and O–H groups in total. The van der Waals surface area contributed by atoms with Gasteiger partial charge in [-0.3, -0.25) is 9.69 Å². The zero-order chi connectivity index (χ0) is 28.2. The van der Waals surface area contributed by atoms with E-state index < -0.39 is 5.82 Å². The van der Waals surface area contributed by atoms with Crippen molar-refractivity contribution in [2.45, 2.75) is 20.4 Å². The van der Waals surface area contributed by atoms with Crippen molar-refractivity contribution in [3.05, 3.63) is 93.8 Å². The fourth-order valence-electron chi connectivity index (χ4n) is 5.72. The fourth-order valence-corrected chi connectivity index (χ4v) is 5.72. The molecule has 8 heteroatoms. The van der Waals surface area contributed by atoms with Crippen LogP contribution < -0.4 is 9.80 Å². The smallest absolute Gasteiger partial charge is 0.254 e. The van der Waals surface area contributed by atoms with Gasteiger partial charge in [-0.1, -0.05) is 18.2 Å². The van der Waals surface area contributed by atoms with Gasteiger partial charge in [-0.15, -0.1) is 0 Å². The number of rotatable bonds is 5. The number of piperazine rings is 2. The number of hydrogen-bond donors (Lipinski definition) is 0. The van der Waals surface area contributed by atoms with Gasteiger partial charge in [-0.05, 0) is 66.9 Å². The minimum atomic E-state index is -0.425. The Kier molecular flexibility index (Phi) is 8.00. The predicted molar refractivity (Wildman–Crippen MR) is 154 cm³/mol. The lowest BCUT2D eigenvalue weighted by molar-refractivity contribution is 0.0746. The molecule has 0 aliphatic carbocycles. The molecule has 7 nitrogen and oxygen atoms in total. The van der Waals surface area contributed by atoms with E-state index in [1.807, 2.05) is 41.0 Å². The van der Waals surface area contributed by atoms with Crippen LogP contribution in [0, 0.1) is 42.3 Å². The molecule has 2 aliphatic rings. The van der Waals surface area contributed by atoms with Crippen LogP contribution in [0.5, 0.6) is 0 Å². The highest BCUT2D eigenvalue weighted by Crippen LogP contribution is 2.26. The summed E-state index contributed by atoms with van der Waals surface area (Å²) in [5, 5.41) is 18.9. The lowest BCUT2D eigenvalue weighted by atomic mass is 9.98. The average Bonchev–Trinajstić information content (AvgIpc) is 2.98. The molecule has 2 fully saturated rings. The van der Waals surface area contributed by atoms with E-state index in [1.54, 1.807) is 6.07 Å². The standard InChI is InChI=1S/C32H33FN6O/c1-23-17-24(2)29(32(40)39-15-13-38(14-16-39)31-8-7-28(33)18-26(31)21-35)19-27(23)22-36-9-11-37(12-10-36)30-6-4-3-5-25(30)20-34/h3-8,17-19H,9-16,22H2,1-2H3. The maximum absolute atomic E-state index is 13.6. The Morgan fingerprint density at radius 2 is 1.40 bits per heavy atom. The summed E-state index contributed by atoms with van der Waals surface area (Å²) in [5.74, 6) is -0.401. The Morgan fingerprint density at radius 3 is 2.08 bits per heavy atom. The number of carbonyl (C=O) groups excluding carboxylic acids is 1. The maximum Gasteiger partial charge on any atom is 0.254 e. The number of nitrogens with zero attached hydrogens (tertiary/aromatic N) is 6. The normalized spacial score (nSPS) is 16.0. The van der Waals surface area contributed by atoms with E-state index in [9.17, 15) is 19.7 Å².